The highest BCUT2D eigenvalue weighted by molar-refractivity contribution is 8.02. The van der Waals surface area contributed by atoms with Gasteiger partial charge in [-0.3, -0.25) is 0 Å². The van der Waals surface area contributed by atoms with Crippen molar-refractivity contribution in [3.8, 4) is 0 Å². The summed E-state index contributed by atoms with van der Waals surface area (Å²) in [5.41, 5.74) is 1.10. The Morgan fingerprint density at radius 1 is 1.40 bits per heavy atom. The summed E-state index contributed by atoms with van der Waals surface area (Å²) in [6.07, 6.45) is 3.62. The van der Waals surface area contributed by atoms with Gasteiger partial charge in [0, 0.05) is 12.7 Å². The molecule has 0 aliphatic heterocycles. The summed E-state index contributed by atoms with van der Waals surface area (Å²) < 4.78 is 0. The standard InChI is InChI=1S/C10H14N4S/c1-14(9-6-4-3-5-7-9)10(15-2)8-12-13-11/h3-8H,1-2H3,(H2,11,12)/b10-8+. The smallest absolute Gasteiger partial charge is 0.0952 e. The first-order chi connectivity index (χ1) is 7.29. The van der Waals surface area contributed by atoms with E-state index in [-0.39, 0.29) is 0 Å². The molecule has 0 spiro atoms. The molecule has 0 aliphatic carbocycles. The van der Waals surface area contributed by atoms with Crippen LogP contribution in [-0.2, 0) is 0 Å². The molecule has 1 aromatic rings. The van der Waals surface area contributed by atoms with Crippen LogP contribution in [0.25, 0.3) is 0 Å². The van der Waals surface area contributed by atoms with E-state index in [4.69, 9.17) is 5.84 Å². The lowest BCUT2D eigenvalue weighted by molar-refractivity contribution is 1.04. The van der Waals surface area contributed by atoms with E-state index in [0.717, 1.165) is 10.7 Å². The quantitative estimate of drug-likeness (QED) is 0.484. The summed E-state index contributed by atoms with van der Waals surface area (Å²) >= 11 is 1.59. The molecule has 0 aromatic heterocycles. The largest absolute Gasteiger partial charge is 0.338 e. The Kier molecular flexibility index (Phi) is 4.70. The summed E-state index contributed by atoms with van der Waals surface area (Å²) in [7, 11) is 1.98. The number of rotatable bonds is 4. The van der Waals surface area contributed by atoms with Crippen LogP contribution in [0.5, 0.6) is 0 Å². The third-order valence-electron chi connectivity index (χ3n) is 1.92. The highest BCUT2D eigenvalue weighted by Crippen LogP contribution is 2.23. The minimum absolute atomic E-state index is 0.982. The molecule has 15 heavy (non-hydrogen) atoms. The molecule has 0 amide bonds. The lowest BCUT2D eigenvalue weighted by Crippen LogP contribution is -2.13. The number of benzene rings is 1. The van der Waals surface area contributed by atoms with Crippen LogP contribution in [0.2, 0.25) is 0 Å². The molecular formula is C10H14N4S. The number of hydrogen-bond donors (Lipinski definition) is 1. The van der Waals surface area contributed by atoms with Crippen molar-refractivity contribution in [2.24, 2.45) is 16.2 Å². The molecule has 0 radical (unpaired) electrons. The first-order valence-electron chi connectivity index (χ1n) is 4.42. The third kappa shape index (κ3) is 3.28. The van der Waals surface area contributed by atoms with Gasteiger partial charge in [-0.15, -0.1) is 16.9 Å². The van der Waals surface area contributed by atoms with Crippen molar-refractivity contribution in [1.29, 1.82) is 0 Å². The average Bonchev–Trinajstić information content (AvgIpc) is 2.31. The van der Waals surface area contributed by atoms with Gasteiger partial charge in [0.15, 0.2) is 0 Å². The Bertz CT molecular complexity index is 348. The molecule has 2 N–H and O–H groups in total. The third-order valence-corrected chi connectivity index (χ3v) is 2.72. The summed E-state index contributed by atoms with van der Waals surface area (Å²) in [6, 6.07) is 10.0. The van der Waals surface area contributed by atoms with Crippen LogP contribution in [0.15, 0.2) is 51.9 Å². The van der Waals surface area contributed by atoms with E-state index in [1.54, 1.807) is 18.0 Å². The average molecular weight is 222 g/mol. The molecule has 0 fully saturated rings. The van der Waals surface area contributed by atoms with Gasteiger partial charge in [-0.1, -0.05) is 23.4 Å². The molecule has 1 rings (SSSR count). The monoisotopic (exact) mass is 222 g/mol. The number of nitrogens with zero attached hydrogens (tertiary/aromatic N) is 3. The van der Waals surface area contributed by atoms with Crippen molar-refractivity contribution in [1.82, 2.24) is 0 Å². The van der Waals surface area contributed by atoms with E-state index < -0.39 is 0 Å². The zero-order valence-corrected chi connectivity index (χ0v) is 9.61. The minimum atomic E-state index is 0.982. The zero-order chi connectivity index (χ0) is 11.1. The zero-order valence-electron chi connectivity index (χ0n) is 8.79. The summed E-state index contributed by atoms with van der Waals surface area (Å²) in [4.78, 5) is 2.03. The van der Waals surface area contributed by atoms with Gasteiger partial charge in [-0.25, -0.2) is 0 Å². The lowest BCUT2D eigenvalue weighted by atomic mass is 10.3. The molecule has 0 bridgehead atoms. The van der Waals surface area contributed by atoms with Crippen LogP contribution in [-0.4, -0.2) is 13.3 Å². The van der Waals surface area contributed by atoms with Crippen LogP contribution in [0.4, 0.5) is 5.69 Å². The predicted octanol–water partition coefficient (Wildman–Crippen LogP) is 2.61. The van der Waals surface area contributed by atoms with Gasteiger partial charge in [0.2, 0.25) is 0 Å². The first kappa shape index (κ1) is 11.6. The Labute approximate surface area is 93.8 Å². The van der Waals surface area contributed by atoms with Crippen molar-refractivity contribution in [2.75, 3.05) is 18.2 Å². The molecule has 0 atom stereocenters. The maximum atomic E-state index is 4.96. The fourth-order valence-corrected chi connectivity index (χ4v) is 1.67. The Morgan fingerprint density at radius 3 is 2.60 bits per heavy atom. The van der Waals surface area contributed by atoms with E-state index >= 15 is 0 Å². The van der Waals surface area contributed by atoms with Gasteiger partial charge in [-0.2, -0.15) is 0 Å². The minimum Gasteiger partial charge on any atom is -0.338 e. The van der Waals surface area contributed by atoms with Gasteiger partial charge in [-0.05, 0) is 18.4 Å². The predicted molar refractivity (Wildman–Crippen MR) is 65.5 cm³/mol. The maximum Gasteiger partial charge on any atom is 0.0952 e. The number of thioether (sulfide) groups is 1. The number of para-hydroxylation sites is 1. The molecule has 80 valence electrons. The first-order valence-corrected chi connectivity index (χ1v) is 5.65. The molecule has 0 aliphatic rings. The van der Waals surface area contributed by atoms with E-state index in [9.17, 15) is 0 Å². The van der Waals surface area contributed by atoms with Crippen LogP contribution in [0.3, 0.4) is 0 Å². The van der Waals surface area contributed by atoms with Crippen molar-refractivity contribution in [3.63, 3.8) is 0 Å². The van der Waals surface area contributed by atoms with Crippen LogP contribution in [0, 0.1) is 0 Å². The van der Waals surface area contributed by atoms with E-state index in [1.807, 2.05) is 48.5 Å². The lowest BCUT2D eigenvalue weighted by Gasteiger charge is -2.20. The van der Waals surface area contributed by atoms with Crippen molar-refractivity contribution >= 4 is 17.4 Å². The fourth-order valence-electron chi connectivity index (χ4n) is 1.14. The molecule has 0 heterocycles. The highest BCUT2D eigenvalue weighted by Gasteiger charge is 2.04. The molecule has 0 unspecified atom stereocenters. The molecular weight excluding hydrogens is 208 g/mol. The molecule has 1 aromatic carbocycles. The molecule has 0 saturated carbocycles. The van der Waals surface area contributed by atoms with E-state index in [0.29, 0.717) is 0 Å². The van der Waals surface area contributed by atoms with Gasteiger partial charge in [0.25, 0.3) is 0 Å². The number of nitrogens with two attached hydrogens (primary N) is 1. The van der Waals surface area contributed by atoms with Crippen molar-refractivity contribution in [2.45, 2.75) is 0 Å². The molecule has 0 saturated heterocycles. The Hall–Kier alpha value is -1.49. The van der Waals surface area contributed by atoms with E-state index in [1.165, 1.54) is 0 Å². The normalized spacial score (nSPS) is 12.0. The topological polar surface area (TPSA) is 54.0 Å². The second-order valence-corrected chi connectivity index (χ2v) is 3.62. The second-order valence-electron chi connectivity index (χ2n) is 2.80. The number of hydrogen-bond acceptors (Lipinski definition) is 4. The summed E-state index contributed by atoms with van der Waals surface area (Å²) in [5, 5.41) is 7.86. The second kappa shape index (κ2) is 6.08. The summed E-state index contributed by atoms with van der Waals surface area (Å²) in [5.74, 6) is 4.96. The van der Waals surface area contributed by atoms with Crippen molar-refractivity contribution in [3.05, 3.63) is 41.6 Å². The van der Waals surface area contributed by atoms with Gasteiger partial charge in [0.05, 0.1) is 11.2 Å². The van der Waals surface area contributed by atoms with Crippen LogP contribution >= 0.6 is 11.8 Å². The van der Waals surface area contributed by atoms with E-state index in [2.05, 4.69) is 10.3 Å². The Balaban J connectivity index is 2.87. The Morgan fingerprint density at radius 2 is 2.07 bits per heavy atom. The number of anilines is 1. The maximum absolute atomic E-state index is 4.96. The highest BCUT2D eigenvalue weighted by atomic mass is 32.2. The SMILES string of the molecule is CS/C(=C/N=NN)N(C)c1ccccc1. The summed E-state index contributed by atoms with van der Waals surface area (Å²) in [6.45, 7) is 0. The van der Waals surface area contributed by atoms with Gasteiger partial charge < -0.3 is 10.7 Å². The molecule has 4 nitrogen and oxygen atoms in total. The fraction of sp³-hybridized carbons (Fsp3) is 0.200. The van der Waals surface area contributed by atoms with Crippen LogP contribution < -0.4 is 10.7 Å². The van der Waals surface area contributed by atoms with Gasteiger partial charge in [0.1, 0.15) is 0 Å². The van der Waals surface area contributed by atoms with Gasteiger partial charge >= 0.3 is 0 Å². The molecule has 5 heteroatoms. The van der Waals surface area contributed by atoms with Crippen LogP contribution in [0.1, 0.15) is 0 Å². The van der Waals surface area contributed by atoms with Crippen molar-refractivity contribution < 1.29 is 0 Å².